The smallest absolute Gasteiger partial charge is 0.0698 e. The lowest BCUT2D eigenvalue weighted by atomic mass is 9.98. The Labute approximate surface area is 98.5 Å². The Morgan fingerprint density at radius 2 is 1.94 bits per heavy atom. The molecule has 0 bridgehead atoms. The van der Waals surface area contributed by atoms with Gasteiger partial charge in [-0.05, 0) is 38.8 Å². The summed E-state index contributed by atoms with van der Waals surface area (Å²) in [6.07, 6.45) is 2.47. The standard InChI is InChI=1S/C12H25NO3/c1-2-15-11-12-3-5-13(6-4-12)7-9-16-10-8-14/h12,14H,2-11H2,1H3. The van der Waals surface area contributed by atoms with Gasteiger partial charge < -0.3 is 19.5 Å². The van der Waals surface area contributed by atoms with Crippen LogP contribution in [-0.2, 0) is 9.47 Å². The lowest BCUT2D eigenvalue weighted by molar-refractivity contribution is 0.0481. The van der Waals surface area contributed by atoms with E-state index in [1.165, 1.54) is 12.8 Å². The minimum absolute atomic E-state index is 0.121. The Bertz CT molecular complexity index is 158. The quantitative estimate of drug-likeness (QED) is 0.626. The maximum absolute atomic E-state index is 8.57. The predicted molar refractivity (Wildman–Crippen MR) is 63.6 cm³/mol. The van der Waals surface area contributed by atoms with E-state index in [1.54, 1.807) is 0 Å². The van der Waals surface area contributed by atoms with Gasteiger partial charge in [-0.2, -0.15) is 0 Å². The third kappa shape index (κ3) is 5.80. The van der Waals surface area contributed by atoms with Gasteiger partial charge in [-0.25, -0.2) is 0 Å². The van der Waals surface area contributed by atoms with E-state index in [2.05, 4.69) is 4.90 Å². The molecule has 0 aromatic heterocycles. The molecule has 4 nitrogen and oxygen atoms in total. The summed E-state index contributed by atoms with van der Waals surface area (Å²) < 4.78 is 10.7. The molecule has 4 heteroatoms. The van der Waals surface area contributed by atoms with E-state index in [4.69, 9.17) is 14.6 Å². The number of likely N-dealkylation sites (tertiary alicyclic amines) is 1. The lowest BCUT2D eigenvalue weighted by Crippen LogP contribution is -2.37. The zero-order chi connectivity index (χ0) is 11.6. The van der Waals surface area contributed by atoms with Gasteiger partial charge in [0, 0.05) is 19.8 Å². The van der Waals surface area contributed by atoms with Gasteiger partial charge in [0.1, 0.15) is 0 Å². The van der Waals surface area contributed by atoms with Crippen LogP contribution in [0, 0.1) is 5.92 Å². The van der Waals surface area contributed by atoms with Gasteiger partial charge in [0.05, 0.1) is 19.8 Å². The second kappa shape index (κ2) is 8.93. The first-order valence-corrected chi connectivity index (χ1v) is 6.35. The highest BCUT2D eigenvalue weighted by Gasteiger charge is 2.18. The van der Waals surface area contributed by atoms with Crippen molar-refractivity contribution in [3.63, 3.8) is 0 Å². The van der Waals surface area contributed by atoms with Crippen LogP contribution < -0.4 is 0 Å². The second-order valence-corrected chi connectivity index (χ2v) is 4.28. The van der Waals surface area contributed by atoms with Crippen molar-refractivity contribution in [3.05, 3.63) is 0 Å². The average molecular weight is 231 g/mol. The van der Waals surface area contributed by atoms with Crippen molar-refractivity contribution in [1.82, 2.24) is 4.90 Å². The fourth-order valence-electron chi connectivity index (χ4n) is 2.02. The van der Waals surface area contributed by atoms with Crippen LogP contribution in [0.5, 0.6) is 0 Å². The monoisotopic (exact) mass is 231 g/mol. The summed E-state index contributed by atoms with van der Waals surface area (Å²) in [7, 11) is 0. The molecule has 0 aromatic carbocycles. The molecule has 0 radical (unpaired) electrons. The summed E-state index contributed by atoms with van der Waals surface area (Å²) in [6, 6.07) is 0. The van der Waals surface area contributed by atoms with Crippen LogP contribution in [0.4, 0.5) is 0 Å². The number of hydrogen-bond acceptors (Lipinski definition) is 4. The van der Waals surface area contributed by atoms with E-state index < -0.39 is 0 Å². The Kier molecular flexibility index (Phi) is 7.76. The van der Waals surface area contributed by atoms with Gasteiger partial charge in [-0.3, -0.25) is 0 Å². The summed E-state index contributed by atoms with van der Waals surface area (Å²) in [5, 5.41) is 8.57. The predicted octanol–water partition coefficient (Wildman–Crippen LogP) is 0.744. The Balaban J connectivity index is 1.98. The van der Waals surface area contributed by atoms with Crippen LogP contribution in [0.3, 0.4) is 0 Å². The van der Waals surface area contributed by atoms with Gasteiger partial charge in [0.25, 0.3) is 0 Å². The largest absolute Gasteiger partial charge is 0.394 e. The molecular formula is C12H25NO3. The van der Waals surface area contributed by atoms with Crippen LogP contribution in [0.1, 0.15) is 19.8 Å². The normalized spacial score (nSPS) is 19.1. The van der Waals surface area contributed by atoms with Crippen molar-refractivity contribution in [2.45, 2.75) is 19.8 Å². The van der Waals surface area contributed by atoms with Crippen molar-refractivity contribution in [3.8, 4) is 0 Å². The number of hydrogen-bond donors (Lipinski definition) is 1. The van der Waals surface area contributed by atoms with Gasteiger partial charge in [-0.15, -0.1) is 0 Å². The van der Waals surface area contributed by atoms with Crippen LogP contribution in [0.2, 0.25) is 0 Å². The molecular weight excluding hydrogens is 206 g/mol. The van der Waals surface area contributed by atoms with E-state index in [9.17, 15) is 0 Å². The molecule has 0 unspecified atom stereocenters. The average Bonchev–Trinajstić information content (AvgIpc) is 2.33. The third-order valence-corrected chi connectivity index (χ3v) is 3.05. The number of aliphatic hydroxyl groups excluding tert-OH is 1. The minimum Gasteiger partial charge on any atom is -0.394 e. The van der Waals surface area contributed by atoms with Crippen LogP contribution in [-0.4, -0.2) is 62.7 Å². The Morgan fingerprint density at radius 3 is 2.56 bits per heavy atom. The van der Waals surface area contributed by atoms with Gasteiger partial charge in [0.2, 0.25) is 0 Å². The van der Waals surface area contributed by atoms with Crippen LogP contribution in [0.25, 0.3) is 0 Å². The molecule has 0 spiro atoms. The topological polar surface area (TPSA) is 41.9 Å². The second-order valence-electron chi connectivity index (χ2n) is 4.28. The zero-order valence-corrected chi connectivity index (χ0v) is 10.4. The summed E-state index contributed by atoms with van der Waals surface area (Å²) in [6.45, 7) is 8.41. The SMILES string of the molecule is CCOCC1CCN(CCOCCO)CC1. The molecule has 1 fully saturated rings. The first-order chi connectivity index (χ1) is 7.86. The molecule has 16 heavy (non-hydrogen) atoms. The summed E-state index contributed by atoms with van der Waals surface area (Å²) in [5.74, 6) is 0.745. The minimum atomic E-state index is 0.121. The molecule has 1 N–H and O–H groups in total. The van der Waals surface area contributed by atoms with Gasteiger partial charge in [0.15, 0.2) is 0 Å². The highest BCUT2D eigenvalue weighted by Crippen LogP contribution is 2.16. The van der Waals surface area contributed by atoms with Crippen LogP contribution in [0.15, 0.2) is 0 Å². The molecule has 1 aliphatic rings. The fourth-order valence-corrected chi connectivity index (χ4v) is 2.02. The zero-order valence-electron chi connectivity index (χ0n) is 10.4. The number of aliphatic hydroxyl groups is 1. The Morgan fingerprint density at radius 1 is 1.19 bits per heavy atom. The fraction of sp³-hybridized carbons (Fsp3) is 1.00. The number of piperidine rings is 1. The van der Waals surface area contributed by atoms with E-state index in [0.717, 1.165) is 45.4 Å². The Hall–Kier alpha value is -0.160. The summed E-state index contributed by atoms with van der Waals surface area (Å²) in [5.41, 5.74) is 0. The molecule has 1 saturated heterocycles. The molecule has 0 amide bonds. The lowest BCUT2D eigenvalue weighted by Gasteiger charge is -2.31. The van der Waals surface area contributed by atoms with Gasteiger partial charge >= 0.3 is 0 Å². The maximum Gasteiger partial charge on any atom is 0.0698 e. The molecule has 1 aliphatic heterocycles. The van der Waals surface area contributed by atoms with Crippen LogP contribution >= 0.6 is 0 Å². The van der Waals surface area contributed by atoms with E-state index >= 15 is 0 Å². The first kappa shape index (κ1) is 13.9. The van der Waals surface area contributed by atoms with Crippen molar-refractivity contribution >= 4 is 0 Å². The molecule has 0 saturated carbocycles. The third-order valence-electron chi connectivity index (χ3n) is 3.05. The molecule has 0 aromatic rings. The molecule has 1 rings (SSSR count). The first-order valence-electron chi connectivity index (χ1n) is 6.35. The van der Waals surface area contributed by atoms with E-state index in [-0.39, 0.29) is 6.61 Å². The number of ether oxygens (including phenoxy) is 2. The van der Waals surface area contributed by atoms with Crippen molar-refractivity contribution in [2.75, 3.05) is 52.7 Å². The van der Waals surface area contributed by atoms with Gasteiger partial charge in [-0.1, -0.05) is 0 Å². The maximum atomic E-state index is 8.57. The van der Waals surface area contributed by atoms with Crippen molar-refractivity contribution in [2.24, 2.45) is 5.92 Å². The highest BCUT2D eigenvalue weighted by atomic mass is 16.5. The molecule has 0 atom stereocenters. The van der Waals surface area contributed by atoms with Crippen molar-refractivity contribution in [1.29, 1.82) is 0 Å². The van der Waals surface area contributed by atoms with E-state index in [0.29, 0.717) is 6.61 Å². The summed E-state index contributed by atoms with van der Waals surface area (Å²) >= 11 is 0. The van der Waals surface area contributed by atoms with E-state index in [1.807, 2.05) is 6.92 Å². The summed E-state index contributed by atoms with van der Waals surface area (Å²) in [4.78, 5) is 2.43. The van der Waals surface area contributed by atoms with Crippen molar-refractivity contribution < 1.29 is 14.6 Å². The molecule has 1 heterocycles. The molecule has 0 aliphatic carbocycles. The highest BCUT2D eigenvalue weighted by molar-refractivity contribution is 4.71. The number of rotatable bonds is 8. The number of nitrogens with zero attached hydrogens (tertiary/aromatic N) is 1. The molecule has 96 valence electrons.